The van der Waals surface area contributed by atoms with Gasteiger partial charge in [0.05, 0.1) is 16.1 Å². The largest absolute Gasteiger partial charge is 0.323 e. The van der Waals surface area contributed by atoms with Gasteiger partial charge in [-0.05, 0) is 12.1 Å². The molecule has 0 saturated heterocycles. The predicted molar refractivity (Wildman–Crippen MR) is 56.3 cm³/mol. The molecular weight excluding hydrogens is 224 g/mol. The summed E-state index contributed by atoms with van der Waals surface area (Å²) >= 11 is 5.80. The molecule has 0 spiro atoms. The van der Waals surface area contributed by atoms with Crippen molar-refractivity contribution in [2.75, 3.05) is 6.26 Å². The first kappa shape index (κ1) is 11.0. The van der Waals surface area contributed by atoms with Crippen LogP contribution >= 0.6 is 11.6 Å². The molecule has 1 aromatic rings. The lowest BCUT2D eigenvalue weighted by Gasteiger charge is -2.01. The fraction of sp³-hybridized carbons (Fsp3) is 0.125. The number of sulfone groups is 1. The van der Waals surface area contributed by atoms with Gasteiger partial charge in [-0.25, -0.2) is 8.42 Å². The van der Waals surface area contributed by atoms with Gasteiger partial charge in [-0.2, -0.15) is 5.10 Å². The van der Waals surface area contributed by atoms with Crippen LogP contribution in [-0.4, -0.2) is 20.9 Å². The van der Waals surface area contributed by atoms with Crippen LogP contribution in [0, 0.1) is 0 Å². The maximum absolute atomic E-state index is 11.1. The highest BCUT2D eigenvalue weighted by atomic mass is 35.5. The molecule has 4 nitrogen and oxygen atoms in total. The minimum atomic E-state index is -3.22. The van der Waals surface area contributed by atoms with Crippen LogP contribution in [0.25, 0.3) is 0 Å². The summed E-state index contributed by atoms with van der Waals surface area (Å²) in [5.41, 5.74) is 0.585. The molecule has 76 valence electrons. The molecule has 2 N–H and O–H groups in total. The van der Waals surface area contributed by atoms with Gasteiger partial charge in [0.25, 0.3) is 0 Å². The molecule has 1 rings (SSSR count). The molecule has 0 atom stereocenters. The van der Waals surface area contributed by atoms with Gasteiger partial charge in [-0.15, -0.1) is 0 Å². The van der Waals surface area contributed by atoms with Crippen LogP contribution in [0.2, 0.25) is 5.02 Å². The lowest BCUT2D eigenvalue weighted by molar-refractivity contribution is 0.602. The summed E-state index contributed by atoms with van der Waals surface area (Å²) in [6.07, 6.45) is 2.48. The molecule has 0 aliphatic heterocycles. The van der Waals surface area contributed by atoms with E-state index in [9.17, 15) is 8.42 Å². The molecule has 0 radical (unpaired) electrons. The van der Waals surface area contributed by atoms with E-state index in [2.05, 4.69) is 5.10 Å². The summed E-state index contributed by atoms with van der Waals surface area (Å²) in [5.74, 6) is 4.95. The number of halogens is 1. The molecule has 0 bridgehead atoms. The minimum absolute atomic E-state index is 0.177. The zero-order valence-electron chi connectivity index (χ0n) is 7.44. The highest BCUT2D eigenvalue weighted by Gasteiger charge is 2.08. The first-order valence-corrected chi connectivity index (χ1v) is 5.95. The van der Waals surface area contributed by atoms with Crippen molar-refractivity contribution in [3.8, 4) is 0 Å². The van der Waals surface area contributed by atoms with Crippen molar-refractivity contribution < 1.29 is 8.42 Å². The molecule has 0 aliphatic carbocycles. The van der Waals surface area contributed by atoms with Crippen molar-refractivity contribution >= 4 is 27.7 Å². The normalized spacial score (nSPS) is 12.1. The second kappa shape index (κ2) is 3.98. The second-order valence-corrected chi connectivity index (χ2v) is 5.16. The summed E-state index contributed by atoms with van der Waals surface area (Å²) in [6, 6.07) is 4.38. The number of rotatable bonds is 2. The Morgan fingerprint density at radius 2 is 2.14 bits per heavy atom. The Hall–Kier alpha value is -1.07. The minimum Gasteiger partial charge on any atom is -0.323 e. The Bertz CT molecular complexity index is 468. The van der Waals surface area contributed by atoms with Gasteiger partial charge >= 0.3 is 0 Å². The van der Waals surface area contributed by atoms with Gasteiger partial charge in [0.2, 0.25) is 0 Å². The van der Waals surface area contributed by atoms with Crippen molar-refractivity contribution in [1.82, 2.24) is 0 Å². The maximum atomic E-state index is 11.1. The first-order valence-electron chi connectivity index (χ1n) is 3.68. The summed E-state index contributed by atoms with van der Waals surface area (Å²) < 4.78 is 22.3. The quantitative estimate of drug-likeness (QED) is 0.470. The van der Waals surface area contributed by atoms with E-state index in [1.807, 2.05) is 0 Å². The van der Waals surface area contributed by atoms with Crippen molar-refractivity contribution in [1.29, 1.82) is 0 Å². The topological polar surface area (TPSA) is 72.5 Å². The van der Waals surface area contributed by atoms with E-state index in [0.29, 0.717) is 10.6 Å². The zero-order valence-corrected chi connectivity index (χ0v) is 9.01. The molecule has 1 aromatic carbocycles. The zero-order chi connectivity index (χ0) is 10.8. The van der Waals surface area contributed by atoms with Crippen LogP contribution in [0.5, 0.6) is 0 Å². The van der Waals surface area contributed by atoms with Crippen LogP contribution in [0.4, 0.5) is 0 Å². The van der Waals surface area contributed by atoms with E-state index in [1.54, 1.807) is 6.07 Å². The highest BCUT2D eigenvalue weighted by molar-refractivity contribution is 7.90. The number of hydrogen-bond donors (Lipinski definition) is 1. The van der Waals surface area contributed by atoms with Crippen LogP contribution < -0.4 is 5.84 Å². The SMILES string of the molecule is CS(=O)(=O)c1ccc(C=NN)c(Cl)c1. The van der Waals surface area contributed by atoms with E-state index in [0.717, 1.165) is 6.26 Å². The summed E-state index contributed by atoms with van der Waals surface area (Å²) in [6.45, 7) is 0. The number of hydrazone groups is 1. The molecule has 0 amide bonds. The molecule has 0 saturated carbocycles. The average molecular weight is 233 g/mol. The van der Waals surface area contributed by atoms with Crippen LogP contribution in [0.1, 0.15) is 5.56 Å². The first-order chi connectivity index (χ1) is 6.45. The van der Waals surface area contributed by atoms with Gasteiger partial charge in [-0.1, -0.05) is 17.7 Å². The maximum Gasteiger partial charge on any atom is 0.175 e. The van der Waals surface area contributed by atoms with Gasteiger partial charge in [0.1, 0.15) is 0 Å². The number of benzene rings is 1. The summed E-state index contributed by atoms with van der Waals surface area (Å²) in [5, 5.41) is 3.61. The van der Waals surface area contributed by atoms with Crippen molar-refractivity contribution in [2.24, 2.45) is 10.9 Å². The van der Waals surface area contributed by atoms with Crippen molar-refractivity contribution in [3.05, 3.63) is 28.8 Å². The fourth-order valence-corrected chi connectivity index (χ4v) is 1.86. The highest BCUT2D eigenvalue weighted by Crippen LogP contribution is 2.19. The Labute approximate surface area is 87.3 Å². The van der Waals surface area contributed by atoms with E-state index in [1.165, 1.54) is 18.3 Å². The molecule has 0 heterocycles. The summed E-state index contributed by atoms with van der Waals surface area (Å²) in [4.78, 5) is 0.177. The molecule has 6 heteroatoms. The molecule has 14 heavy (non-hydrogen) atoms. The van der Waals surface area contributed by atoms with Gasteiger partial charge in [0.15, 0.2) is 9.84 Å². The van der Waals surface area contributed by atoms with Crippen molar-refractivity contribution in [3.63, 3.8) is 0 Å². The van der Waals surface area contributed by atoms with Gasteiger partial charge in [0, 0.05) is 11.8 Å². The molecule has 0 unspecified atom stereocenters. The van der Waals surface area contributed by atoms with Gasteiger partial charge < -0.3 is 5.84 Å². The monoisotopic (exact) mass is 232 g/mol. The van der Waals surface area contributed by atoms with Gasteiger partial charge in [-0.3, -0.25) is 0 Å². The molecule has 0 aromatic heterocycles. The third-order valence-electron chi connectivity index (χ3n) is 1.61. The Morgan fingerprint density at radius 3 is 2.57 bits per heavy atom. The van der Waals surface area contributed by atoms with E-state index >= 15 is 0 Å². The lowest BCUT2D eigenvalue weighted by Crippen LogP contribution is -1.98. The Morgan fingerprint density at radius 1 is 1.50 bits per heavy atom. The van der Waals surface area contributed by atoms with E-state index in [4.69, 9.17) is 17.4 Å². The molecule has 0 fully saturated rings. The van der Waals surface area contributed by atoms with Crippen LogP contribution in [-0.2, 0) is 9.84 Å². The third-order valence-corrected chi connectivity index (χ3v) is 3.05. The van der Waals surface area contributed by atoms with Crippen LogP contribution in [0.15, 0.2) is 28.2 Å². The van der Waals surface area contributed by atoms with E-state index < -0.39 is 9.84 Å². The third kappa shape index (κ3) is 2.46. The lowest BCUT2D eigenvalue weighted by atomic mass is 10.2. The second-order valence-electron chi connectivity index (χ2n) is 2.73. The average Bonchev–Trinajstić information content (AvgIpc) is 2.07. The number of nitrogens with zero attached hydrogens (tertiary/aromatic N) is 1. The number of nitrogens with two attached hydrogens (primary N) is 1. The van der Waals surface area contributed by atoms with E-state index in [-0.39, 0.29) is 4.90 Å². The van der Waals surface area contributed by atoms with Crippen LogP contribution in [0.3, 0.4) is 0 Å². The standard InChI is InChI=1S/C8H9ClN2O2S/c1-14(12,13)7-3-2-6(5-11-10)8(9)4-7/h2-5H,10H2,1H3. The van der Waals surface area contributed by atoms with Crippen molar-refractivity contribution in [2.45, 2.75) is 4.90 Å². The Balaban J connectivity index is 3.27. The fourth-order valence-electron chi connectivity index (χ4n) is 0.924. The predicted octanol–water partition coefficient (Wildman–Crippen LogP) is 1.04. The molecule has 0 aliphatic rings. The smallest absolute Gasteiger partial charge is 0.175 e. The number of hydrogen-bond acceptors (Lipinski definition) is 4. The summed E-state index contributed by atoms with van der Waals surface area (Å²) in [7, 11) is -3.22. The molecular formula is C8H9ClN2O2S. The Kier molecular flexibility index (Phi) is 3.13.